The molecule has 1 atom stereocenters. The molecular formula is C20H29N3O7. The highest BCUT2D eigenvalue weighted by atomic mass is 16.6. The highest BCUT2D eigenvalue weighted by Crippen LogP contribution is 2.16. The third-order valence-electron chi connectivity index (χ3n) is 3.39. The summed E-state index contributed by atoms with van der Waals surface area (Å²) in [6.07, 6.45) is -0.115. The standard InChI is InChI=1S/C20H29N3O7/c1-19(2,3)29-16(24)12-11-15(17(25)30-20(4,5)6)22-18(26)21-13-7-9-14(10-8-13)23(27)28/h7-10,15H,11-12H2,1-6H3,(H2,21,22,26). The largest absolute Gasteiger partial charge is 0.460 e. The molecule has 10 nitrogen and oxygen atoms in total. The number of esters is 2. The zero-order valence-corrected chi connectivity index (χ0v) is 18.1. The molecule has 2 N–H and O–H groups in total. The molecule has 0 spiro atoms. The van der Waals surface area contributed by atoms with E-state index < -0.39 is 40.1 Å². The van der Waals surface area contributed by atoms with Gasteiger partial charge >= 0.3 is 18.0 Å². The minimum absolute atomic E-state index is 0.0164. The summed E-state index contributed by atoms with van der Waals surface area (Å²) < 4.78 is 10.5. The van der Waals surface area contributed by atoms with Crippen molar-refractivity contribution in [2.45, 2.75) is 71.6 Å². The quantitative estimate of drug-likeness (QED) is 0.389. The number of carbonyl (C=O) groups excluding carboxylic acids is 3. The van der Waals surface area contributed by atoms with E-state index in [9.17, 15) is 24.5 Å². The molecule has 0 aliphatic rings. The number of nitro benzene ring substituents is 1. The predicted molar refractivity (Wildman–Crippen MR) is 110 cm³/mol. The van der Waals surface area contributed by atoms with Gasteiger partial charge in [0, 0.05) is 24.2 Å². The van der Waals surface area contributed by atoms with Crippen LogP contribution in [0.3, 0.4) is 0 Å². The summed E-state index contributed by atoms with van der Waals surface area (Å²) in [6.45, 7) is 10.2. The zero-order chi connectivity index (χ0) is 23.1. The number of amides is 2. The summed E-state index contributed by atoms with van der Waals surface area (Å²) in [6, 6.07) is 3.40. The van der Waals surface area contributed by atoms with Crippen LogP contribution in [0.15, 0.2) is 24.3 Å². The maximum Gasteiger partial charge on any atom is 0.329 e. The molecule has 0 heterocycles. The summed E-state index contributed by atoms with van der Waals surface area (Å²) in [7, 11) is 0. The summed E-state index contributed by atoms with van der Waals surface area (Å²) in [4.78, 5) is 46.9. The smallest absolute Gasteiger partial charge is 0.329 e. The van der Waals surface area contributed by atoms with Gasteiger partial charge in [0.1, 0.15) is 17.2 Å². The molecule has 1 aromatic carbocycles. The topological polar surface area (TPSA) is 137 Å². The highest BCUT2D eigenvalue weighted by molar-refractivity contribution is 5.92. The van der Waals surface area contributed by atoms with Crippen LogP contribution in [0.4, 0.5) is 16.2 Å². The molecule has 1 rings (SSSR count). The van der Waals surface area contributed by atoms with Crippen LogP contribution in [-0.2, 0) is 19.1 Å². The van der Waals surface area contributed by atoms with Crippen LogP contribution in [-0.4, -0.2) is 40.1 Å². The number of carbonyl (C=O) groups is 3. The first-order valence-electron chi connectivity index (χ1n) is 9.43. The molecule has 0 fully saturated rings. The van der Waals surface area contributed by atoms with Crippen molar-refractivity contribution in [1.29, 1.82) is 0 Å². The average molecular weight is 423 g/mol. The van der Waals surface area contributed by atoms with Crippen molar-refractivity contribution in [3.05, 3.63) is 34.4 Å². The minimum atomic E-state index is -1.09. The molecule has 0 saturated heterocycles. The number of hydrogen-bond acceptors (Lipinski definition) is 7. The predicted octanol–water partition coefficient (Wildman–Crippen LogP) is 3.55. The van der Waals surface area contributed by atoms with Crippen molar-refractivity contribution in [3.63, 3.8) is 0 Å². The number of rotatable bonds is 7. The van der Waals surface area contributed by atoms with Gasteiger partial charge in [-0.3, -0.25) is 14.9 Å². The summed E-state index contributed by atoms with van der Waals surface area (Å²) >= 11 is 0. The molecule has 30 heavy (non-hydrogen) atoms. The first-order valence-corrected chi connectivity index (χ1v) is 9.43. The van der Waals surface area contributed by atoms with Crippen molar-refractivity contribution >= 4 is 29.3 Å². The van der Waals surface area contributed by atoms with Gasteiger partial charge in [-0.25, -0.2) is 9.59 Å². The van der Waals surface area contributed by atoms with Crippen LogP contribution in [0.5, 0.6) is 0 Å². The van der Waals surface area contributed by atoms with E-state index in [0.717, 1.165) is 0 Å². The van der Waals surface area contributed by atoms with Crippen LogP contribution in [0.2, 0.25) is 0 Å². The monoisotopic (exact) mass is 423 g/mol. The fourth-order valence-corrected chi connectivity index (χ4v) is 2.27. The molecule has 0 aromatic heterocycles. The van der Waals surface area contributed by atoms with Gasteiger partial charge in [-0.2, -0.15) is 0 Å². The number of anilines is 1. The number of hydrogen-bond donors (Lipinski definition) is 2. The van der Waals surface area contributed by atoms with Gasteiger partial charge in [0.15, 0.2) is 0 Å². The van der Waals surface area contributed by atoms with Gasteiger partial charge in [0.25, 0.3) is 5.69 Å². The normalized spacial score (nSPS) is 12.5. The van der Waals surface area contributed by atoms with E-state index in [1.165, 1.54) is 24.3 Å². The second kappa shape index (κ2) is 10.0. The minimum Gasteiger partial charge on any atom is -0.460 e. The fourth-order valence-electron chi connectivity index (χ4n) is 2.27. The van der Waals surface area contributed by atoms with Gasteiger partial charge in [-0.05, 0) is 60.1 Å². The number of benzene rings is 1. The molecular weight excluding hydrogens is 394 g/mol. The highest BCUT2D eigenvalue weighted by Gasteiger charge is 2.28. The molecule has 166 valence electrons. The van der Waals surface area contributed by atoms with E-state index >= 15 is 0 Å². The number of non-ortho nitro benzene ring substituents is 1. The summed E-state index contributed by atoms with van der Waals surface area (Å²) in [5.74, 6) is -1.20. The van der Waals surface area contributed by atoms with E-state index in [2.05, 4.69) is 10.6 Å². The molecule has 10 heteroatoms. The number of nitrogens with zero attached hydrogens (tertiary/aromatic N) is 1. The number of urea groups is 1. The van der Waals surface area contributed by atoms with Crippen LogP contribution in [0, 0.1) is 10.1 Å². The maximum absolute atomic E-state index is 12.5. The Morgan fingerprint density at radius 1 is 1.00 bits per heavy atom. The second-order valence-corrected chi connectivity index (χ2v) is 8.61. The number of ether oxygens (including phenoxy) is 2. The van der Waals surface area contributed by atoms with E-state index in [0.29, 0.717) is 5.69 Å². The lowest BCUT2D eigenvalue weighted by Crippen LogP contribution is -2.46. The van der Waals surface area contributed by atoms with Crippen molar-refractivity contribution in [2.24, 2.45) is 0 Å². The Labute approximate surface area is 175 Å². The number of nitro groups is 1. The SMILES string of the molecule is CC(C)(C)OC(=O)CCC(NC(=O)Nc1ccc([N+](=O)[O-])cc1)C(=O)OC(C)(C)C. The van der Waals surface area contributed by atoms with E-state index in [4.69, 9.17) is 9.47 Å². The van der Waals surface area contributed by atoms with Gasteiger partial charge < -0.3 is 20.1 Å². The molecule has 2 amide bonds. The first kappa shape index (κ1) is 24.9. The molecule has 0 aliphatic carbocycles. The Bertz CT molecular complexity index is 777. The van der Waals surface area contributed by atoms with Gasteiger partial charge in [-0.15, -0.1) is 0 Å². The zero-order valence-electron chi connectivity index (χ0n) is 18.1. The number of nitrogens with one attached hydrogen (secondary N) is 2. The van der Waals surface area contributed by atoms with Crippen LogP contribution in [0.1, 0.15) is 54.4 Å². The molecule has 1 aromatic rings. The van der Waals surface area contributed by atoms with Crippen molar-refractivity contribution in [2.75, 3.05) is 5.32 Å². The van der Waals surface area contributed by atoms with Gasteiger partial charge in [0.05, 0.1) is 4.92 Å². The lowest BCUT2D eigenvalue weighted by atomic mass is 10.1. The maximum atomic E-state index is 12.5. The van der Waals surface area contributed by atoms with E-state index in [1.54, 1.807) is 41.5 Å². The summed E-state index contributed by atoms with van der Waals surface area (Å²) in [5.41, 5.74) is -1.27. The second-order valence-electron chi connectivity index (χ2n) is 8.61. The first-order chi connectivity index (χ1) is 13.7. The Hall–Kier alpha value is -3.17. The molecule has 0 bridgehead atoms. The fraction of sp³-hybridized carbons (Fsp3) is 0.550. The molecule has 0 saturated carbocycles. The van der Waals surface area contributed by atoms with Crippen LogP contribution >= 0.6 is 0 Å². The van der Waals surface area contributed by atoms with Crippen LogP contribution in [0.25, 0.3) is 0 Å². The Balaban J connectivity index is 2.80. The van der Waals surface area contributed by atoms with E-state index in [1.807, 2.05) is 0 Å². The molecule has 0 aliphatic heterocycles. The van der Waals surface area contributed by atoms with Crippen LogP contribution < -0.4 is 10.6 Å². The van der Waals surface area contributed by atoms with Gasteiger partial charge in [0.2, 0.25) is 0 Å². The Morgan fingerprint density at radius 2 is 1.53 bits per heavy atom. The molecule has 1 unspecified atom stereocenters. The Morgan fingerprint density at radius 3 is 2.00 bits per heavy atom. The average Bonchev–Trinajstić information content (AvgIpc) is 2.55. The lowest BCUT2D eigenvalue weighted by Gasteiger charge is -2.25. The Kier molecular flexibility index (Phi) is 8.32. The van der Waals surface area contributed by atoms with E-state index in [-0.39, 0.29) is 18.5 Å². The van der Waals surface area contributed by atoms with Gasteiger partial charge in [-0.1, -0.05) is 0 Å². The third kappa shape index (κ3) is 9.85. The summed E-state index contributed by atoms with van der Waals surface area (Å²) in [5, 5.41) is 15.7. The lowest BCUT2D eigenvalue weighted by molar-refractivity contribution is -0.384. The molecule has 0 radical (unpaired) electrons. The van der Waals surface area contributed by atoms with Crippen molar-refractivity contribution in [3.8, 4) is 0 Å². The van der Waals surface area contributed by atoms with Crippen molar-refractivity contribution in [1.82, 2.24) is 5.32 Å². The van der Waals surface area contributed by atoms with Crippen molar-refractivity contribution < 1.29 is 28.8 Å². The third-order valence-corrected chi connectivity index (χ3v) is 3.39.